The zero-order chi connectivity index (χ0) is 14.3. The number of benzene rings is 1. The molecule has 0 N–H and O–H groups in total. The molecule has 20 heavy (non-hydrogen) atoms. The van der Waals surface area contributed by atoms with E-state index in [4.69, 9.17) is 4.74 Å². The molecular weight excluding hydrogens is 257 g/mol. The third-order valence-electron chi connectivity index (χ3n) is 4.72. The molecule has 2 fully saturated rings. The second-order valence-electron chi connectivity index (χ2n) is 5.97. The highest BCUT2D eigenvalue weighted by Crippen LogP contribution is 2.33. The number of halogens is 1. The maximum atomic E-state index is 14.0. The summed E-state index contributed by atoms with van der Waals surface area (Å²) in [6, 6.07) is 5.39. The van der Waals surface area contributed by atoms with Gasteiger partial charge in [-0.05, 0) is 38.4 Å². The first-order chi connectivity index (χ1) is 9.58. The average molecular weight is 277 g/mol. The Hall–Kier alpha value is -1.26. The second kappa shape index (κ2) is 5.26. The molecule has 2 aliphatic rings. The summed E-state index contributed by atoms with van der Waals surface area (Å²) in [6.45, 7) is 3.15. The Balaban J connectivity index is 1.85. The molecule has 4 heteroatoms. The number of ketones is 1. The van der Waals surface area contributed by atoms with E-state index in [0.29, 0.717) is 13.2 Å². The van der Waals surface area contributed by atoms with Gasteiger partial charge in [-0.25, -0.2) is 4.39 Å². The van der Waals surface area contributed by atoms with Gasteiger partial charge >= 0.3 is 0 Å². The van der Waals surface area contributed by atoms with Crippen LogP contribution in [0.1, 0.15) is 28.8 Å². The first-order valence-corrected chi connectivity index (χ1v) is 7.17. The van der Waals surface area contributed by atoms with Crippen molar-refractivity contribution in [3.63, 3.8) is 0 Å². The van der Waals surface area contributed by atoms with Crippen LogP contribution in [0, 0.1) is 18.7 Å². The van der Waals surface area contributed by atoms with Gasteiger partial charge in [0, 0.05) is 18.0 Å². The molecule has 0 amide bonds. The normalized spacial score (nSPS) is 30.2. The molecule has 3 nitrogen and oxygen atoms in total. The fourth-order valence-corrected chi connectivity index (χ4v) is 3.46. The van der Waals surface area contributed by atoms with Crippen LogP contribution in [0.2, 0.25) is 0 Å². The number of carbonyl (C=O) groups excluding carboxylic acids is 1. The topological polar surface area (TPSA) is 29.5 Å². The summed E-state index contributed by atoms with van der Waals surface area (Å²) in [7, 11) is 2.09. The van der Waals surface area contributed by atoms with Gasteiger partial charge in [0.2, 0.25) is 0 Å². The summed E-state index contributed by atoms with van der Waals surface area (Å²) in [6.07, 6.45) is 1.53. The Bertz CT molecular complexity index is 497. The zero-order valence-electron chi connectivity index (χ0n) is 11.9. The molecule has 0 radical (unpaired) electrons. The molecule has 2 bridgehead atoms. The Morgan fingerprint density at radius 2 is 1.95 bits per heavy atom. The van der Waals surface area contributed by atoms with Crippen LogP contribution in [0.3, 0.4) is 0 Å². The minimum Gasteiger partial charge on any atom is -0.378 e. The van der Waals surface area contributed by atoms with E-state index in [1.54, 1.807) is 19.1 Å². The molecule has 0 aliphatic carbocycles. The summed E-state index contributed by atoms with van der Waals surface area (Å²) >= 11 is 0. The van der Waals surface area contributed by atoms with Crippen LogP contribution in [-0.2, 0) is 4.74 Å². The van der Waals surface area contributed by atoms with Gasteiger partial charge in [-0.2, -0.15) is 0 Å². The monoisotopic (exact) mass is 277 g/mol. The number of piperidine rings is 1. The van der Waals surface area contributed by atoms with E-state index in [9.17, 15) is 9.18 Å². The fraction of sp³-hybridized carbons (Fsp3) is 0.562. The summed E-state index contributed by atoms with van der Waals surface area (Å²) in [4.78, 5) is 15.0. The lowest BCUT2D eigenvalue weighted by atomic mass is 9.80. The van der Waals surface area contributed by atoms with Gasteiger partial charge in [0.15, 0.2) is 5.78 Å². The number of hydrogen-bond donors (Lipinski definition) is 0. The van der Waals surface area contributed by atoms with Gasteiger partial charge in [0.05, 0.1) is 18.8 Å². The smallest absolute Gasteiger partial charge is 0.169 e. The lowest BCUT2D eigenvalue weighted by Crippen LogP contribution is -2.55. The Labute approximate surface area is 118 Å². The summed E-state index contributed by atoms with van der Waals surface area (Å²) in [5, 5.41) is 0. The van der Waals surface area contributed by atoms with Crippen molar-refractivity contribution in [3.05, 3.63) is 35.1 Å². The number of ether oxygens (including phenoxy) is 1. The number of fused-ring (bicyclic) bond motifs is 2. The van der Waals surface area contributed by atoms with E-state index in [2.05, 4.69) is 11.9 Å². The zero-order valence-corrected chi connectivity index (χ0v) is 11.9. The van der Waals surface area contributed by atoms with Crippen molar-refractivity contribution < 1.29 is 13.9 Å². The average Bonchev–Trinajstić information content (AvgIpc) is 2.37. The molecule has 2 heterocycles. The number of likely N-dealkylation sites (N-methyl/N-ethyl adjacent to an activating group) is 1. The maximum Gasteiger partial charge on any atom is 0.169 e. The van der Waals surface area contributed by atoms with Crippen molar-refractivity contribution in [2.45, 2.75) is 31.8 Å². The summed E-state index contributed by atoms with van der Waals surface area (Å²) < 4.78 is 19.5. The van der Waals surface area contributed by atoms with Gasteiger partial charge < -0.3 is 4.74 Å². The predicted octanol–water partition coefficient (Wildman–Crippen LogP) is 2.43. The quantitative estimate of drug-likeness (QED) is 0.778. The Kier molecular flexibility index (Phi) is 3.61. The van der Waals surface area contributed by atoms with E-state index in [1.807, 2.05) is 0 Å². The number of hydrogen-bond acceptors (Lipinski definition) is 3. The molecule has 2 unspecified atom stereocenters. The lowest BCUT2D eigenvalue weighted by Gasteiger charge is -2.46. The Morgan fingerprint density at radius 3 is 2.55 bits per heavy atom. The van der Waals surface area contributed by atoms with Crippen LogP contribution in [0.15, 0.2) is 18.2 Å². The van der Waals surface area contributed by atoms with E-state index in [-0.39, 0.29) is 29.3 Å². The van der Waals surface area contributed by atoms with Crippen molar-refractivity contribution >= 4 is 5.78 Å². The van der Waals surface area contributed by atoms with Crippen LogP contribution in [0.4, 0.5) is 4.39 Å². The summed E-state index contributed by atoms with van der Waals surface area (Å²) in [5.74, 6) is -0.512. The molecule has 2 atom stereocenters. The third-order valence-corrected chi connectivity index (χ3v) is 4.72. The van der Waals surface area contributed by atoms with E-state index < -0.39 is 5.82 Å². The van der Waals surface area contributed by atoms with Crippen molar-refractivity contribution in [1.82, 2.24) is 4.90 Å². The molecule has 2 saturated heterocycles. The lowest BCUT2D eigenvalue weighted by molar-refractivity contribution is -0.0703. The highest BCUT2D eigenvalue weighted by molar-refractivity contribution is 5.99. The second-order valence-corrected chi connectivity index (χ2v) is 5.97. The molecule has 0 saturated carbocycles. The van der Waals surface area contributed by atoms with Crippen LogP contribution in [0.5, 0.6) is 0 Å². The molecule has 0 spiro atoms. The fourth-order valence-electron chi connectivity index (χ4n) is 3.46. The van der Waals surface area contributed by atoms with Crippen LogP contribution < -0.4 is 0 Å². The van der Waals surface area contributed by atoms with E-state index in [0.717, 1.165) is 18.4 Å². The summed E-state index contributed by atoms with van der Waals surface area (Å²) in [5.41, 5.74) is 1.01. The van der Waals surface area contributed by atoms with Gasteiger partial charge in [0.1, 0.15) is 5.82 Å². The number of rotatable bonds is 2. The number of morpholine rings is 1. The van der Waals surface area contributed by atoms with E-state index >= 15 is 0 Å². The highest BCUT2D eigenvalue weighted by atomic mass is 19.1. The molecule has 3 rings (SSSR count). The van der Waals surface area contributed by atoms with Crippen molar-refractivity contribution in [3.8, 4) is 0 Å². The van der Waals surface area contributed by atoms with Crippen LogP contribution in [-0.4, -0.2) is 43.0 Å². The minimum absolute atomic E-state index is 0.0365. The molecule has 1 aromatic rings. The molecule has 2 aliphatic heterocycles. The maximum absolute atomic E-state index is 14.0. The first kappa shape index (κ1) is 13.7. The minimum atomic E-state index is -0.393. The number of Topliss-reactive ketones (excluding diaryl/α,β-unsaturated/α-hetero) is 1. The van der Waals surface area contributed by atoms with Gasteiger partial charge in [-0.1, -0.05) is 12.1 Å². The molecule has 0 aromatic heterocycles. The third kappa shape index (κ3) is 2.27. The van der Waals surface area contributed by atoms with Crippen molar-refractivity contribution in [2.75, 3.05) is 20.3 Å². The van der Waals surface area contributed by atoms with Gasteiger partial charge in [-0.15, -0.1) is 0 Å². The molecule has 108 valence electrons. The van der Waals surface area contributed by atoms with Crippen LogP contribution >= 0.6 is 0 Å². The number of aryl methyl sites for hydroxylation is 1. The number of carbonyl (C=O) groups is 1. The van der Waals surface area contributed by atoms with Gasteiger partial charge in [-0.3, -0.25) is 9.69 Å². The Morgan fingerprint density at radius 1 is 1.30 bits per heavy atom. The number of nitrogens with zero attached hydrogens (tertiary/aromatic N) is 1. The van der Waals surface area contributed by atoms with Gasteiger partial charge in [0.25, 0.3) is 0 Å². The predicted molar refractivity (Wildman–Crippen MR) is 74.3 cm³/mol. The first-order valence-electron chi connectivity index (χ1n) is 7.17. The van der Waals surface area contributed by atoms with Crippen molar-refractivity contribution in [2.24, 2.45) is 5.92 Å². The van der Waals surface area contributed by atoms with Crippen LogP contribution in [0.25, 0.3) is 0 Å². The highest BCUT2D eigenvalue weighted by Gasteiger charge is 2.40. The SMILES string of the molecule is Cc1cccc(F)c1C(=O)C1CC2COCC(C1)N2C. The largest absolute Gasteiger partial charge is 0.378 e. The molecule has 1 aromatic carbocycles. The molecular formula is C16H20FNO2. The van der Waals surface area contributed by atoms with Crippen molar-refractivity contribution in [1.29, 1.82) is 0 Å². The van der Waals surface area contributed by atoms with E-state index in [1.165, 1.54) is 6.07 Å². The standard InChI is InChI=1S/C16H20FNO2/c1-10-4-3-5-14(17)15(10)16(19)11-6-12-8-20-9-13(7-11)18(12)2/h3-5,11-13H,6-9H2,1-2H3.